The third-order valence-electron chi connectivity index (χ3n) is 4.38. The van der Waals surface area contributed by atoms with E-state index in [0.29, 0.717) is 11.8 Å². The minimum absolute atomic E-state index is 0.0764. The molecule has 2 rings (SSSR count). The third kappa shape index (κ3) is 3.49. The number of ether oxygens (including phenoxy) is 3. The Morgan fingerprint density at radius 1 is 1.29 bits per heavy atom. The first-order valence-corrected chi connectivity index (χ1v) is 7.44. The van der Waals surface area contributed by atoms with Gasteiger partial charge in [0.2, 0.25) is 0 Å². The summed E-state index contributed by atoms with van der Waals surface area (Å²) in [7, 11) is 4.81. The van der Waals surface area contributed by atoms with Gasteiger partial charge in [0.15, 0.2) is 0 Å². The zero-order chi connectivity index (χ0) is 15.4. The van der Waals surface area contributed by atoms with Crippen LogP contribution in [0.15, 0.2) is 18.2 Å². The van der Waals surface area contributed by atoms with Crippen LogP contribution in [0, 0.1) is 11.8 Å². The Bertz CT molecular complexity index is 498. The van der Waals surface area contributed by atoms with E-state index in [-0.39, 0.29) is 11.9 Å². The van der Waals surface area contributed by atoms with Gasteiger partial charge in [-0.1, -0.05) is 6.92 Å². The topological polar surface area (TPSA) is 44.8 Å². The molecule has 4 heteroatoms. The van der Waals surface area contributed by atoms with Crippen LogP contribution in [0.3, 0.4) is 0 Å². The van der Waals surface area contributed by atoms with E-state index in [1.807, 2.05) is 18.2 Å². The molecule has 3 unspecified atom stereocenters. The lowest BCUT2D eigenvalue weighted by atomic mass is 9.89. The van der Waals surface area contributed by atoms with Crippen LogP contribution in [0.4, 0.5) is 0 Å². The Hall–Kier alpha value is -1.71. The van der Waals surface area contributed by atoms with Crippen LogP contribution in [-0.2, 0) is 9.53 Å². The number of hydrogen-bond donors (Lipinski definition) is 0. The van der Waals surface area contributed by atoms with E-state index in [1.165, 1.54) is 7.11 Å². The summed E-state index contributed by atoms with van der Waals surface area (Å²) in [5.41, 5.74) is 1.16. The summed E-state index contributed by atoms with van der Waals surface area (Å²) in [4.78, 5) is 11.5. The van der Waals surface area contributed by atoms with Gasteiger partial charge < -0.3 is 14.2 Å². The van der Waals surface area contributed by atoms with E-state index in [4.69, 9.17) is 14.2 Å². The van der Waals surface area contributed by atoms with Crippen LogP contribution in [0.1, 0.15) is 37.7 Å². The van der Waals surface area contributed by atoms with Gasteiger partial charge in [-0.25, -0.2) is 0 Å². The van der Waals surface area contributed by atoms with Crippen LogP contribution in [0.25, 0.3) is 0 Å². The Morgan fingerprint density at radius 2 is 2.05 bits per heavy atom. The lowest BCUT2D eigenvalue weighted by Gasteiger charge is -2.19. The first-order chi connectivity index (χ1) is 10.1. The van der Waals surface area contributed by atoms with Crippen molar-refractivity contribution >= 4 is 5.97 Å². The maximum atomic E-state index is 11.5. The maximum absolute atomic E-state index is 11.5. The van der Waals surface area contributed by atoms with E-state index in [0.717, 1.165) is 36.3 Å². The SMILES string of the molecule is CCC(CC1CC1C(=O)OC)c1cc(OC)ccc1OC. The molecule has 21 heavy (non-hydrogen) atoms. The summed E-state index contributed by atoms with van der Waals surface area (Å²) in [5, 5.41) is 0. The van der Waals surface area contributed by atoms with E-state index in [1.54, 1.807) is 14.2 Å². The lowest BCUT2D eigenvalue weighted by molar-refractivity contribution is -0.142. The number of carbonyl (C=O) groups excluding carboxylic acids is 1. The van der Waals surface area contributed by atoms with Crippen molar-refractivity contribution in [2.24, 2.45) is 11.8 Å². The van der Waals surface area contributed by atoms with Gasteiger partial charge >= 0.3 is 5.97 Å². The van der Waals surface area contributed by atoms with Gasteiger partial charge in [-0.05, 0) is 49.3 Å². The molecule has 116 valence electrons. The highest BCUT2D eigenvalue weighted by molar-refractivity contribution is 5.75. The highest BCUT2D eigenvalue weighted by Gasteiger charge is 2.44. The van der Waals surface area contributed by atoms with Crippen molar-refractivity contribution in [3.63, 3.8) is 0 Å². The largest absolute Gasteiger partial charge is 0.497 e. The molecule has 0 aliphatic heterocycles. The predicted molar refractivity (Wildman–Crippen MR) is 80.8 cm³/mol. The number of esters is 1. The Balaban J connectivity index is 2.12. The zero-order valence-electron chi connectivity index (χ0n) is 13.2. The fourth-order valence-electron chi connectivity index (χ4n) is 2.99. The van der Waals surface area contributed by atoms with Gasteiger partial charge in [-0.15, -0.1) is 0 Å². The average molecular weight is 292 g/mol. The van der Waals surface area contributed by atoms with Crippen molar-refractivity contribution in [2.45, 2.75) is 32.1 Å². The molecule has 4 nitrogen and oxygen atoms in total. The normalized spacial score (nSPS) is 21.5. The fraction of sp³-hybridized carbons (Fsp3) is 0.588. The fourth-order valence-corrected chi connectivity index (χ4v) is 2.99. The Kier molecular flexibility index (Phi) is 5.10. The molecule has 1 saturated carbocycles. The molecule has 1 aromatic carbocycles. The molecule has 0 N–H and O–H groups in total. The zero-order valence-corrected chi connectivity index (χ0v) is 13.2. The minimum atomic E-state index is -0.0764. The van der Waals surface area contributed by atoms with E-state index < -0.39 is 0 Å². The van der Waals surface area contributed by atoms with Crippen molar-refractivity contribution in [1.29, 1.82) is 0 Å². The third-order valence-corrected chi connectivity index (χ3v) is 4.38. The number of methoxy groups -OCH3 is 3. The van der Waals surface area contributed by atoms with E-state index in [2.05, 4.69) is 6.92 Å². The number of hydrogen-bond acceptors (Lipinski definition) is 4. The molecule has 1 aliphatic carbocycles. The van der Waals surface area contributed by atoms with Gasteiger partial charge in [-0.3, -0.25) is 4.79 Å². The molecule has 1 aliphatic rings. The van der Waals surface area contributed by atoms with Gasteiger partial charge in [-0.2, -0.15) is 0 Å². The van der Waals surface area contributed by atoms with Crippen LogP contribution < -0.4 is 9.47 Å². The Morgan fingerprint density at radius 3 is 2.62 bits per heavy atom. The van der Waals surface area contributed by atoms with Crippen molar-refractivity contribution in [2.75, 3.05) is 21.3 Å². The molecule has 0 spiro atoms. The number of carbonyl (C=O) groups is 1. The molecule has 0 radical (unpaired) electrons. The van der Waals surface area contributed by atoms with Crippen LogP contribution in [0.2, 0.25) is 0 Å². The molecule has 0 saturated heterocycles. The highest BCUT2D eigenvalue weighted by Crippen LogP contribution is 2.48. The van der Waals surface area contributed by atoms with Crippen molar-refractivity contribution in [3.05, 3.63) is 23.8 Å². The van der Waals surface area contributed by atoms with Crippen molar-refractivity contribution < 1.29 is 19.0 Å². The molecule has 0 aromatic heterocycles. The van der Waals surface area contributed by atoms with E-state index in [9.17, 15) is 4.79 Å². The summed E-state index contributed by atoms with van der Waals surface area (Å²) in [6, 6.07) is 5.90. The molecule has 0 heterocycles. The van der Waals surface area contributed by atoms with Crippen LogP contribution in [-0.4, -0.2) is 27.3 Å². The predicted octanol–water partition coefficient (Wildman–Crippen LogP) is 3.40. The Labute approximate surface area is 126 Å². The summed E-state index contributed by atoms with van der Waals surface area (Å²) in [6.45, 7) is 2.17. The molecule has 3 atom stereocenters. The van der Waals surface area contributed by atoms with Gasteiger partial charge in [0.1, 0.15) is 11.5 Å². The summed E-state index contributed by atoms with van der Waals surface area (Å²) in [6.07, 6.45) is 2.93. The summed E-state index contributed by atoms with van der Waals surface area (Å²) in [5.74, 6) is 2.53. The van der Waals surface area contributed by atoms with E-state index >= 15 is 0 Å². The minimum Gasteiger partial charge on any atom is -0.497 e. The first kappa shape index (κ1) is 15.7. The quantitative estimate of drug-likeness (QED) is 0.723. The van der Waals surface area contributed by atoms with Crippen LogP contribution in [0.5, 0.6) is 11.5 Å². The second-order valence-corrected chi connectivity index (χ2v) is 5.57. The summed E-state index contributed by atoms with van der Waals surface area (Å²) < 4.78 is 15.6. The van der Waals surface area contributed by atoms with Gasteiger partial charge in [0.05, 0.1) is 27.2 Å². The summed E-state index contributed by atoms with van der Waals surface area (Å²) >= 11 is 0. The highest BCUT2D eigenvalue weighted by atomic mass is 16.5. The second-order valence-electron chi connectivity index (χ2n) is 5.57. The lowest BCUT2D eigenvalue weighted by Crippen LogP contribution is -2.07. The van der Waals surface area contributed by atoms with Crippen molar-refractivity contribution in [3.8, 4) is 11.5 Å². The molecule has 0 bridgehead atoms. The first-order valence-electron chi connectivity index (χ1n) is 7.44. The maximum Gasteiger partial charge on any atom is 0.308 e. The number of benzene rings is 1. The average Bonchev–Trinajstić information content (AvgIpc) is 3.30. The molecule has 0 amide bonds. The molecular formula is C17H24O4. The number of rotatable bonds is 7. The molecular weight excluding hydrogens is 268 g/mol. The second kappa shape index (κ2) is 6.83. The van der Waals surface area contributed by atoms with Gasteiger partial charge in [0, 0.05) is 5.56 Å². The molecule has 1 fully saturated rings. The monoisotopic (exact) mass is 292 g/mol. The standard InChI is InChI=1S/C17H24O4/c1-5-11(8-12-9-15(12)17(18)21-4)14-10-13(19-2)6-7-16(14)20-3/h6-7,10-12,15H,5,8-9H2,1-4H3. The smallest absolute Gasteiger partial charge is 0.308 e. The van der Waals surface area contributed by atoms with Crippen molar-refractivity contribution in [1.82, 2.24) is 0 Å². The molecule has 1 aromatic rings. The van der Waals surface area contributed by atoms with Crippen LogP contribution >= 0.6 is 0 Å². The van der Waals surface area contributed by atoms with Gasteiger partial charge in [0.25, 0.3) is 0 Å².